The predicted molar refractivity (Wildman–Crippen MR) is 69.2 cm³/mol. The van der Waals surface area contributed by atoms with Crippen molar-refractivity contribution in [2.75, 3.05) is 5.32 Å². The molecule has 1 fully saturated rings. The number of amides is 1. The minimum Gasteiger partial charge on any atom is -0.481 e. The summed E-state index contributed by atoms with van der Waals surface area (Å²) in [5.74, 6) is -1.75. The van der Waals surface area contributed by atoms with E-state index >= 15 is 0 Å². The number of nitrogens with one attached hydrogen (secondary N) is 1. The number of anilines is 1. The zero-order chi connectivity index (χ0) is 14.1. The second-order valence-electron chi connectivity index (χ2n) is 4.60. The molecule has 0 spiro atoms. The third-order valence-electron chi connectivity index (χ3n) is 3.21. The molecule has 0 saturated heterocycles. The van der Waals surface area contributed by atoms with Crippen molar-refractivity contribution in [1.82, 2.24) is 14.8 Å². The molecule has 0 aromatic carbocycles. The molecular weight excluding hydrogens is 260 g/mol. The Labute approximate surface area is 114 Å². The minimum absolute atomic E-state index is 0.293. The van der Waals surface area contributed by atoms with Crippen molar-refractivity contribution < 1.29 is 14.7 Å². The molecule has 2 heterocycles. The first-order valence-electron chi connectivity index (χ1n) is 6.15. The van der Waals surface area contributed by atoms with Gasteiger partial charge in [-0.25, -0.2) is 9.67 Å². The Balaban J connectivity index is 1.79. The van der Waals surface area contributed by atoms with Crippen LogP contribution in [0.2, 0.25) is 0 Å². The van der Waals surface area contributed by atoms with Gasteiger partial charge in [-0.3, -0.25) is 9.59 Å². The summed E-state index contributed by atoms with van der Waals surface area (Å²) in [5.41, 5.74) is 0.511. The Morgan fingerprint density at radius 2 is 2.15 bits per heavy atom. The number of carboxylic acid groups (broad SMARTS) is 1. The Morgan fingerprint density at radius 1 is 1.30 bits per heavy atom. The molecule has 2 aromatic rings. The van der Waals surface area contributed by atoms with Gasteiger partial charge < -0.3 is 10.4 Å². The summed E-state index contributed by atoms with van der Waals surface area (Å²) in [6, 6.07) is 5.16. The van der Waals surface area contributed by atoms with Crippen LogP contribution in [0.3, 0.4) is 0 Å². The summed E-state index contributed by atoms with van der Waals surface area (Å²) in [6.07, 6.45) is 5.32. The number of aromatic nitrogens is 3. The topological polar surface area (TPSA) is 97.1 Å². The van der Waals surface area contributed by atoms with Crippen molar-refractivity contribution >= 4 is 17.6 Å². The second kappa shape index (κ2) is 4.76. The zero-order valence-electron chi connectivity index (χ0n) is 10.4. The lowest BCUT2D eigenvalue weighted by molar-refractivity contribution is -0.139. The van der Waals surface area contributed by atoms with Crippen molar-refractivity contribution in [3.8, 4) is 5.82 Å². The number of hydrogen-bond donors (Lipinski definition) is 2. The number of rotatable bonds is 4. The Bertz CT molecular complexity index is 653. The average Bonchev–Trinajstić information content (AvgIpc) is 3.08. The fourth-order valence-corrected chi connectivity index (χ4v) is 2.05. The number of carboxylic acids is 1. The summed E-state index contributed by atoms with van der Waals surface area (Å²) in [7, 11) is 0. The van der Waals surface area contributed by atoms with Crippen LogP contribution in [0.15, 0.2) is 36.8 Å². The third kappa shape index (κ3) is 2.25. The molecule has 0 radical (unpaired) electrons. The monoisotopic (exact) mass is 272 g/mol. The van der Waals surface area contributed by atoms with Gasteiger partial charge >= 0.3 is 5.97 Å². The summed E-state index contributed by atoms with van der Waals surface area (Å²) in [4.78, 5) is 26.9. The Kier molecular flexibility index (Phi) is 2.94. The van der Waals surface area contributed by atoms with Crippen LogP contribution < -0.4 is 5.32 Å². The fourth-order valence-electron chi connectivity index (χ4n) is 2.05. The first-order valence-corrected chi connectivity index (χ1v) is 6.15. The highest BCUT2D eigenvalue weighted by atomic mass is 16.4. The van der Waals surface area contributed by atoms with Crippen molar-refractivity contribution in [2.24, 2.45) is 11.8 Å². The molecule has 0 aliphatic heterocycles. The van der Waals surface area contributed by atoms with Gasteiger partial charge in [-0.2, -0.15) is 5.10 Å². The normalized spacial score (nSPS) is 20.4. The molecule has 3 rings (SSSR count). The molecular formula is C13H12N4O3. The van der Waals surface area contributed by atoms with Crippen molar-refractivity contribution in [2.45, 2.75) is 6.42 Å². The van der Waals surface area contributed by atoms with E-state index < -0.39 is 17.8 Å². The first-order chi connectivity index (χ1) is 9.66. The van der Waals surface area contributed by atoms with Gasteiger partial charge in [0.1, 0.15) is 0 Å². The van der Waals surface area contributed by atoms with E-state index in [4.69, 9.17) is 5.11 Å². The Morgan fingerprint density at radius 3 is 2.80 bits per heavy atom. The molecule has 1 aliphatic carbocycles. The summed E-state index contributed by atoms with van der Waals surface area (Å²) in [5, 5.41) is 15.6. The molecule has 1 amide bonds. The first kappa shape index (κ1) is 12.3. The van der Waals surface area contributed by atoms with Crippen molar-refractivity contribution in [3.05, 3.63) is 36.8 Å². The molecule has 7 heteroatoms. The molecule has 0 bridgehead atoms. The smallest absolute Gasteiger partial charge is 0.307 e. The summed E-state index contributed by atoms with van der Waals surface area (Å²) >= 11 is 0. The van der Waals surface area contributed by atoms with E-state index in [0.717, 1.165) is 0 Å². The molecule has 2 atom stereocenters. The number of hydrogen-bond acceptors (Lipinski definition) is 4. The molecule has 1 saturated carbocycles. The van der Waals surface area contributed by atoms with Crippen LogP contribution in [0.1, 0.15) is 6.42 Å². The van der Waals surface area contributed by atoms with Crippen LogP contribution >= 0.6 is 0 Å². The number of carbonyl (C=O) groups is 2. The van der Waals surface area contributed by atoms with Crippen LogP contribution in [-0.4, -0.2) is 31.7 Å². The van der Waals surface area contributed by atoms with Gasteiger partial charge in [-0.15, -0.1) is 0 Å². The average molecular weight is 272 g/mol. The predicted octanol–water partition coefficient (Wildman–Crippen LogP) is 0.927. The highest BCUT2D eigenvalue weighted by Gasteiger charge is 2.48. The van der Waals surface area contributed by atoms with Crippen molar-refractivity contribution in [1.29, 1.82) is 0 Å². The molecule has 20 heavy (non-hydrogen) atoms. The van der Waals surface area contributed by atoms with Crippen molar-refractivity contribution in [3.63, 3.8) is 0 Å². The number of aliphatic carboxylic acids is 1. The third-order valence-corrected chi connectivity index (χ3v) is 3.21. The van der Waals surface area contributed by atoms with Gasteiger partial charge in [0.2, 0.25) is 5.91 Å². The van der Waals surface area contributed by atoms with Crippen LogP contribution in [0.25, 0.3) is 5.82 Å². The van der Waals surface area contributed by atoms with Gasteiger partial charge in [-0.05, 0) is 24.6 Å². The Hall–Kier alpha value is -2.70. The molecule has 2 aromatic heterocycles. The van der Waals surface area contributed by atoms with E-state index in [1.165, 1.54) is 4.68 Å². The van der Waals surface area contributed by atoms with E-state index in [2.05, 4.69) is 15.4 Å². The lowest BCUT2D eigenvalue weighted by Crippen LogP contribution is -2.18. The maximum absolute atomic E-state index is 12.0. The van der Waals surface area contributed by atoms with Crippen LogP contribution in [-0.2, 0) is 9.59 Å². The van der Waals surface area contributed by atoms with E-state index in [9.17, 15) is 9.59 Å². The maximum atomic E-state index is 12.0. The van der Waals surface area contributed by atoms with E-state index in [0.29, 0.717) is 17.9 Å². The van der Waals surface area contributed by atoms with Gasteiger partial charge in [-0.1, -0.05) is 0 Å². The maximum Gasteiger partial charge on any atom is 0.307 e. The van der Waals surface area contributed by atoms with Gasteiger partial charge in [0.25, 0.3) is 0 Å². The minimum atomic E-state index is -0.927. The standard InChI is InChI=1S/C13H12N4O3/c18-12(8-7-9(8)13(19)20)16-10-3-1-4-14-11(10)17-6-2-5-15-17/h1-6,8-9H,7H2,(H,16,18)(H,19,20). The highest BCUT2D eigenvalue weighted by Crippen LogP contribution is 2.39. The highest BCUT2D eigenvalue weighted by molar-refractivity contribution is 5.99. The van der Waals surface area contributed by atoms with E-state index in [-0.39, 0.29) is 5.91 Å². The largest absolute Gasteiger partial charge is 0.481 e. The van der Waals surface area contributed by atoms with Gasteiger partial charge in [0.05, 0.1) is 17.5 Å². The van der Waals surface area contributed by atoms with Crippen LogP contribution in [0.4, 0.5) is 5.69 Å². The number of carbonyl (C=O) groups excluding carboxylic acids is 1. The molecule has 2 N–H and O–H groups in total. The van der Waals surface area contributed by atoms with E-state index in [1.807, 2.05) is 0 Å². The van der Waals surface area contributed by atoms with Crippen LogP contribution in [0.5, 0.6) is 0 Å². The fraction of sp³-hybridized carbons (Fsp3) is 0.231. The van der Waals surface area contributed by atoms with E-state index in [1.54, 1.807) is 36.8 Å². The summed E-state index contributed by atoms with van der Waals surface area (Å²) in [6.45, 7) is 0. The summed E-state index contributed by atoms with van der Waals surface area (Å²) < 4.78 is 1.54. The van der Waals surface area contributed by atoms with Gasteiger partial charge in [0.15, 0.2) is 5.82 Å². The zero-order valence-corrected chi connectivity index (χ0v) is 10.4. The molecule has 1 aliphatic rings. The lowest BCUT2D eigenvalue weighted by Gasteiger charge is -2.09. The number of nitrogens with zero attached hydrogens (tertiary/aromatic N) is 3. The quantitative estimate of drug-likeness (QED) is 0.862. The van der Waals surface area contributed by atoms with Gasteiger partial charge in [0, 0.05) is 18.6 Å². The number of pyridine rings is 1. The molecule has 2 unspecified atom stereocenters. The SMILES string of the molecule is O=C(O)C1CC1C(=O)Nc1cccnc1-n1cccn1. The van der Waals surface area contributed by atoms with Crippen LogP contribution in [0, 0.1) is 11.8 Å². The molecule has 102 valence electrons. The second-order valence-corrected chi connectivity index (χ2v) is 4.60. The molecule has 7 nitrogen and oxygen atoms in total. The lowest BCUT2D eigenvalue weighted by atomic mass is 10.3.